The third-order valence-electron chi connectivity index (χ3n) is 3.10. The Balaban J connectivity index is 2.48. The number of hydrogen-bond acceptors (Lipinski definition) is 3. The number of halogens is 1. The minimum atomic E-state index is -0.0486. The Morgan fingerprint density at radius 2 is 2.05 bits per heavy atom. The van der Waals surface area contributed by atoms with E-state index in [1.807, 2.05) is 29.0 Å². The van der Waals surface area contributed by atoms with Gasteiger partial charge in [-0.2, -0.15) is 0 Å². The number of methoxy groups -OCH3 is 1. The fourth-order valence-corrected chi connectivity index (χ4v) is 2.37. The zero-order valence-corrected chi connectivity index (χ0v) is 12.9. The van der Waals surface area contributed by atoms with E-state index in [2.05, 4.69) is 34.8 Å². The monoisotopic (exact) mass is 323 g/mol. The molecule has 0 saturated carbocycles. The molecule has 0 saturated heterocycles. The molecular weight excluding hydrogens is 306 g/mol. The minimum absolute atomic E-state index is 0.0486. The van der Waals surface area contributed by atoms with Crippen LogP contribution in [-0.4, -0.2) is 16.7 Å². The van der Waals surface area contributed by atoms with Crippen molar-refractivity contribution < 1.29 is 4.74 Å². The van der Waals surface area contributed by atoms with Crippen molar-refractivity contribution in [2.75, 3.05) is 7.11 Å². The highest BCUT2D eigenvalue weighted by molar-refractivity contribution is 9.10. The lowest BCUT2D eigenvalue weighted by molar-refractivity contribution is 0.414. The average Bonchev–Trinajstić information content (AvgIpc) is 2.85. The van der Waals surface area contributed by atoms with Gasteiger partial charge in [-0.1, -0.05) is 29.8 Å². The summed E-state index contributed by atoms with van der Waals surface area (Å²) in [7, 11) is 1.65. The van der Waals surface area contributed by atoms with Crippen LogP contribution in [-0.2, 0) is 0 Å². The normalized spacial score (nSPS) is 12.7. The Morgan fingerprint density at radius 3 is 2.68 bits per heavy atom. The molecule has 4 nitrogen and oxygen atoms in total. The molecule has 0 bridgehead atoms. The van der Waals surface area contributed by atoms with E-state index in [0.717, 1.165) is 21.6 Å². The van der Waals surface area contributed by atoms with E-state index in [0.29, 0.717) is 5.92 Å². The van der Waals surface area contributed by atoms with Gasteiger partial charge in [0.1, 0.15) is 5.75 Å². The molecular formula is C14H18BrN3O. The molecule has 0 radical (unpaired) electrons. The van der Waals surface area contributed by atoms with Crippen molar-refractivity contribution in [2.24, 2.45) is 11.7 Å². The van der Waals surface area contributed by atoms with Crippen LogP contribution in [0.4, 0.5) is 0 Å². The molecule has 0 fully saturated rings. The molecule has 1 aromatic carbocycles. The second-order valence-electron chi connectivity index (χ2n) is 4.81. The first-order chi connectivity index (χ1) is 9.02. The molecule has 1 aromatic heterocycles. The molecule has 1 heterocycles. The number of hydrogen-bond donors (Lipinski definition) is 1. The van der Waals surface area contributed by atoms with E-state index in [1.165, 1.54) is 0 Å². The smallest absolute Gasteiger partial charge is 0.122 e. The number of benzene rings is 1. The largest absolute Gasteiger partial charge is 0.497 e. The Labute approximate surface area is 121 Å². The topological polar surface area (TPSA) is 53.1 Å². The molecule has 1 atom stereocenters. The highest BCUT2D eigenvalue weighted by atomic mass is 79.9. The summed E-state index contributed by atoms with van der Waals surface area (Å²) in [6, 6.07) is 5.85. The van der Waals surface area contributed by atoms with E-state index in [9.17, 15) is 0 Å². The molecule has 0 spiro atoms. The van der Waals surface area contributed by atoms with Crippen molar-refractivity contribution in [1.29, 1.82) is 0 Å². The fraction of sp³-hybridized carbons (Fsp3) is 0.357. The van der Waals surface area contributed by atoms with Gasteiger partial charge < -0.3 is 15.0 Å². The standard InChI is InChI=1S/C14H18BrN3O/c1-9(2)14(16)13-7-17-8-18(13)11-4-10(15)5-12(6-11)19-3/h4-9,14H,16H2,1-3H3. The van der Waals surface area contributed by atoms with Crippen molar-refractivity contribution in [3.63, 3.8) is 0 Å². The van der Waals surface area contributed by atoms with Crippen molar-refractivity contribution in [2.45, 2.75) is 19.9 Å². The second-order valence-corrected chi connectivity index (χ2v) is 5.72. The van der Waals surface area contributed by atoms with E-state index >= 15 is 0 Å². The van der Waals surface area contributed by atoms with Crippen LogP contribution in [0, 0.1) is 5.92 Å². The van der Waals surface area contributed by atoms with E-state index in [-0.39, 0.29) is 6.04 Å². The lowest BCUT2D eigenvalue weighted by Gasteiger charge is -2.18. The predicted octanol–water partition coefficient (Wildman–Crippen LogP) is 3.30. The highest BCUT2D eigenvalue weighted by Crippen LogP contribution is 2.27. The molecule has 102 valence electrons. The molecule has 0 aliphatic rings. The van der Waals surface area contributed by atoms with Crippen molar-refractivity contribution in [3.05, 3.63) is 40.9 Å². The summed E-state index contributed by atoms with van der Waals surface area (Å²) < 4.78 is 8.24. The van der Waals surface area contributed by atoms with Crippen LogP contribution < -0.4 is 10.5 Å². The Morgan fingerprint density at radius 1 is 1.32 bits per heavy atom. The van der Waals surface area contributed by atoms with Crippen LogP contribution in [0.2, 0.25) is 0 Å². The molecule has 1 unspecified atom stereocenters. The molecule has 5 heteroatoms. The van der Waals surface area contributed by atoms with Crippen LogP contribution in [0.15, 0.2) is 35.2 Å². The van der Waals surface area contributed by atoms with E-state index in [4.69, 9.17) is 10.5 Å². The molecule has 19 heavy (non-hydrogen) atoms. The van der Waals surface area contributed by atoms with Gasteiger partial charge in [-0.25, -0.2) is 4.98 Å². The van der Waals surface area contributed by atoms with Crippen LogP contribution in [0.5, 0.6) is 5.75 Å². The number of nitrogens with two attached hydrogens (primary N) is 1. The van der Waals surface area contributed by atoms with E-state index < -0.39 is 0 Å². The molecule has 2 N–H and O–H groups in total. The molecule has 0 aliphatic heterocycles. The maximum Gasteiger partial charge on any atom is 0.122 e. The van der Waals surface area contributed by atoms with Gasteiger partial charge >= 0.3 is 0 Å². The zero-order chi connectivity index (χ0) is 14.0. The Kier molecular flexibility index (Phi) is 4.27. The van der Waals surface area contributed by atoms with Gasteiger partial charge in [-0.15, -0.1) is 0 Å². The zero-order valence-electron chi connectivity index (χ0n) is 11.3. The number of aromatic nitrogens is 2. The van der Waals surface area contributed by atoms with Crippen LogP contribution in [0.3, 0.4) is 0 Å². The van der Waals surface area contributed by atoms with Crippen LogP contribution in [0.25, 0.3) is 5.69 Å². The summed E-state index contributed by atoms with van der Waals surface area (Å²) in [6.07, 6.45) is 3.59. The minimum Gasteiger partial charge on any atom is -0.497 e. The first-order valence-electron chi connectivity index (χ1n) is 6.15. The molecule has 0 amide bonds. The number of ether oxygens (including phenoxy) is 1. The molecule has 2 rings (SSSR count). The van der Waals surface area contributed by atoms with Crippen LogP contribution >= 0.6 is 15.9 Å². The lowest BCUT2D eigenvalue weighted by Crippen LogP contribution is -2.19. The predicted molar refractivity (Wildman–Crippen MR) is 79.6 cm³/mol. The van der Waals surface area contributed by atoms with E-state index in [1.54, 1.807) is 13.4 Å². The average molecular weight is 324 g/mol. The summed E-state index contributed by atoms with van der Waals surface area (Å²) in [4.78, 5) is 4.21. The highest BCUT2D eigenvalue weighted by Gasteiger charge is 2.16. The first kappa shape index (κ1) is 14.1. The maximum absolute atomic E-state index is 6.23. The van der Waals surface area contributed by atoms with Gasteiger partial charge in [0, 0.05) is 16.6 Å². The summed E-state index contributed by atoms with van der Waals surface area (Å²) in [6.45, 7) is 4.20. The number of nitrogens with zero attached hydrogens (tertiary/aromatic N) is 2. The van der Waals surface area contributed by atoms with Crippen molar-refractivity contribution in [3.8, 4) is 11.4 Å². The third kappa shape index (κ3) is 2.98. The quantitative estimate of drug-likeness (QED) is 0.939. The summed E-state index contributed by atoms with van der Waals surface area (Å²) in [5.41, 5.74) is 8.20. The second kappa shape index (κ2) is 5.75. The Bertz CT molecular complexity index is 566. The third-order valence-corrected chi connectivity index (χ3v) is 3.55. The SMILES string of the molecule is COc1cc(Br)cc(-n2cncc2C(N)C(C)C)c1. The number of imidazole rings is 1. The van der Waals surface area contributed by atoms with Gasteiger partial charge in [0.05, 0.1) is 31.0 Å². The maximum atomic E-state index is 6.23. The Hall–Kier alpha value is -1.33. The number of rotatable bonds is 4. The van der Waals surface area contributed by atoms with Crippen LogP contribution in [0.1, 0.15) is 25.6 Å². The summed E-state index contributed by atoms with van der Waals surface area (Å²) in [5, 5.41) is 0. The summed E-state index contributed by atoms with van der Waals surface area (Å²) in [5.74, 6) is 1.15. The molecule has 0 aliphatic carbocycles. The lowest BCUT2D eigenvalue weighted by atomic mass is 10.0. The van der Waals surface area contributed by atoms with Gasteiger partial charge in [0.15, 0.2) is 0 Å². The fourth-order valence-electron chi connectivity index (χ4n) is 1.91. The van der Waals surface area contributed by atoms with Crippen molar-refractivity contribution >= 4 is 15.9 Å². The van der Waals surface area contributed by atoms with Gasteiger partial charge in [-0.3, -0.25) is 0 Å². The van der Waals surface area contributed by atoms with Gasteiger partial charge in [0.25, 0.3) is 0 Å². The summed E-state index contributed by atoms with van der Waals surface area (Å²) >= 11 is 3.48. The van der Waals surface area contributed by atoms with Crippen molar-refractivity contribution in [1.82, 2.24) is 9.55 Å². The van der Waals surface area contributed by atoms with Gasteiger partial charge in [-0.05, 0) is 18.1 Å². The molecule has 2 aromatic rings. The van der Waals surface area contributed by atoms with Gasteiger partial charge in [0.2, 0.25) is 0 Å². The first-order valence-corrected chi connectivity index (χ1v) is 6.95.